The monoisotopic (exact) mass is 417 g/mol. The molecule has 0 bridgehead atoms. The van der Waals surface area contributed by atoms with E-state index in [1.807, 2.05) is 23.9 Å². The van der Waals surface area contributed by atoms with Gasteiger partial charge < -0.3 is 0 Å². The first-order valence-electron chi connectivity index (χ1n) is 10.7. The Balaban J connectivity index is 2.09. The van der Waals surface area contributed by atoms with Gasteiger partial charge in [0.15, 0.2) is 0 Å². The van der Waals surface area contributed by atoms with Crippen LogP contribution in [0.1, 0.15) is 50.4 Å². The quantitative estimate of drug-likeness (QED) is 0.426. The van der Waals surface area contributed by atoms with Crippen LogP contribution in [0.5, 0.6) is 0 Å². The SMILES string of the molecule is CC(C)/C=C/c1c(C(C)C)nc2c(c1-c1ccc(F)cc1)CCSc1ccccc1-2. The summed E-state index contributed by atoms with van der Waals surface area (Å²) in [6.45, 7) is 8.78. The molecule has 1 aromatic heterocycles. The molecule has 154 valence electrons. The fraction of sp³-hybridized carbons (Fsp3) is 0.296. The maximum absolute atomic E-state index is 13.7. The highest BCUT2D eigenvalue weighted by atomic mass is 32.2. The minimum absolute atomic E-state index is 0.205. The Morgan fingerprint density at radius 1 is 1.00 bits per heavy atom. The van der Waals surface area contributed by atoms with E-state index in [0.717, 1.165) is 29.1 Å². The molecule has 0 N–H and O–H groups in total. The number of halogens is 1. The lowest BCUT2D eigenvalue weighted by Crippen LogP contribution is -2.07. The van der Waals surface area contributed by atoms with Crippen molar-refractivity contribution in [2.75, 3.05) is 5.75 Å². The molecule has 0 saturated carbocycles. The highest BCUT2D eigenvalue weighted by Crippen LogP contribution is 2.43. The topological polar surface area (TPSA) is 12.9 Å². The van der Waals surface area contributed by atoms with Gasteiger partial charge in [0.25, 0.3) is 0 Å². The van der Waals surface area contributed by atoms with E-state index in [1.165, 1.54) is 27.1 Å². The van der Waals surface area contributed by atoms with Crippen molar-refractivity contribution in [3.63, 3.8) is 0 Å². The zero-order chi connectivity index (χ0) is 21.3. The second-order valence-electron chi connectivity index (χ2n) is 8.47. The average molecular weight is 418 g/mol. The van der Waals surface area contributed by atoms with E-state index in [2.05, 4.69) is 64.1 Å². The fourth-order valence-corrected chi connectivity index (χ4v) is 5.04. The van der Waals surface area contributed by atoms with E-state index in [9.17, 15) is 4.39 Å². The van der Waals surface area contributed by atoms with Gasteiger partial charge in [-0.15, -0.1) is 11.8 Å². The largest absolute Gasteiger partial charge is 0.252 e. The molecule has 1 aliphatic heterocycles. The Morgan fingerprint density at radius 3 is 2.43 bits per heavy atom. The minimum atomic E-state index is -0.205. The van der Waals surface area contributed by atoms with Gasteiger partial charge in [0, 0.05) is 21.8 Å². The van der Waals surface area contributed by atoms with Crippen molar-refractivity contribution in [2.45, 2.75) is 44.9 Å². The van der Waals surface area contributed by atoms with E-state index in [-0.39, 0.29) is 11.7 Å². The van der Waals surface area contributed by atoms with Crippen LogP contribution in [-0.4, -0.2) is 10.7 Å². The summed E-state index contributed by atoms with van der Waals surface area (Å²) >= 11 is 1.89. The Bertz CT molecular complexity index is 1080. The van der Waals surface area contributed by atoms with Crippen LogP contribution in [0.3, 0.4) is 0 Å². The molecule has 2 aromatic carbocycles. The van der Waals surface area contributed by atoms with Crippen molar-refractivity contribution in [3.8, 4) is 22.4 Å². The number of aromatic nitrogens is 1. The van der Waals surface area contributed by atoms with Crippen LogP contribution in [-0.2, 0) is 6.42 Å². The van der Waals surface area contributed by atoms with Gasteiger partial charge in [-0.1, -0.05) is 70.2 Å². The molecule has 2 heterocycles. The van der Waals surface area contributed by atoms with Gasteiger partial charge >= 0.3 is 0 Å². The predicted octanol–water partition coefficient (Wildman–Crippen LogP) is 8.00. The Hall–Kier alpha value is -2.39. The van der Waals surface area contributed by atoms with Gasteiger partial charge in [0.2, 0.25) is 0 Å². The van der Waals surface area contributed by atoms with E-state index in [0.29, 0.717) is 5.92 Å². The van der Waals surface area contributed by atoms with Gasteiger partial charge in [-0.25, -0.2) is 4.39 Å². The van der Waals surface area contributed by atoms with Crippen molar-refractivity contribution in [3.05, 3.63) is 77.2 Å². The van der Waals surface area contributed by atoms with Crippen LogP contribution in [0.15, 0.2) is 59.5 Å². The summed E-state index contributed by atoms with van der Waals surface area (Å²) in [5.74, 6) is 1.53. The highest BCUT2D eigenvalue weighted by Gasteiger charge is 2.25. The molecule has 0 radical (unpaired) electrons. The number of allylic oxidation sites excluding steroid dienone is 1. The molecule has 0 fully saturated rings. The van der Waals surface area contributed by atoms with Crippen LogP contribution < -0.4 is 0 Å². The zero-order valence-corrected chi connectivity index (χ0v) is 18.9. The van der Waals surface area contributed by atoms with Crippen LogP contribution in [0, 0.1) is 11.7 Å². The maximum Gasteiger partial charge on any atom is 0.123 e. The highest BCUT2D eigenvalue weighted by molar-refractivity contribution is 7.99. The molecule has 4 rings (SSSR count). The average Bonchev–Trinajstić information content (AvgIpc) is 2.91. The van der Waals surface area contributed by atoms with E-state index < -0.39 is 0 Å². The summed E-state index contributed by atoms with van der Waals surface area (Å²) in [5.41, 5.74) is 8.11. The number of rotatable bonds is 4. The van der Waals surface area contributed by atoms with Gasteiger partial charge in [-0.2, -0.15) is 0 Å². The lowest BCUT2D eigenvalue weighted by molar-refractivity contribution is 0.628. The third kappa shape index (κ3) is 4.09. The smallest absolute Gasteiger partial charge is 0.123 e. The summed E-state index contributed by atoms with van der Waals surface area (Å²) in [4.78, 5) is 6.54. The van der Waals surface area contributed by atoms with E-state index in [1.54, 1.807) is 12.1 Å². The van der Waals surface area contributed by atoms with Gasteiger partial charge in [-0.3, -0.25) is 4.98 Å². The molecular formula is C27H28FNS. The summed E-state index contributed by atoms with van der Waals surface area (Å²) < 4.78 is 13.7. The molecule has 0 saturated heterocycles. The van der Waals surface area contributed by atoms with Crippen LogP contribution in [0.25, 0.3) is 28.5 Å². The van der Waals surface area contributed by atoms with Gasteiger partial charge in [0.1, 0.15) is 5.82 Å². The van der Waals surface area contributed by atoms with Crippen molar-refractivity contribution in [1.82, 2.24) is 4.98 Å². The number of benzene rings is 2. The Morgan fingerprint density at radius 2 is 1.73 bits per heavy atom. The van der Waals surface area contributed by atoms with Crippen LogP contribution >= 0.6 is 11.8 Å². The Kier molecular flexibility index (Phi) is 6.10. The van der Waals surface area contributed by atoms with Crippen LogP contribution in [0.2, 0.25) is 0 Å². The number of fused-ring (bicyclic) bond motifs is 3. The summed E-state index contributed by atoms with van der Waals surface area (Å²) in [5, 5.41) is 0. The van der Waals surface area contributed by atoms with Crippen molar-refractivity contribution < 1.29 is 4.39 Å². The maximum atomic E-state index is 13.7. The molecule has 0 aliphatic carbocycles. The minimum Gasteiger partial charge on any atom is -0.252 e. The molecule has 1 nitrogen and oxygen atoms in total. The normalized spacial score (nSPS) is 13.6. The van der Waals surface area contributed by atoms with Crippen molar-refractivity contribution >= 4 is 17.8 Å². The first-order valence-corrected chi connectivity index (χ1v) is 11.7. The lowest BCUT2D eigenvalue weighted by atomic mass is 9.86. The number of thioether (sulfide) groups is 1. The standard InChI is InChI=1S/C27H28FNS/c1-17(2)9-14-22-25(19-10-12-20(28)13-11-19)23-15-16-30-24-8-6-5-7-21(24)27(23)29-26(22)18(3)4/h5-14,17-18H,15-16H2,1-4H3/b14-9+. The Labute approximate surface area is 183 Å². The third-order valence-electron chi connectivity index (χ3n) is 5.44. The molecule has 0 amide bonds. The lowest BCUT2D eigenvalue weighted by Gasteiger charge is -2.22. The third-order valence-corrected chi connectivity index (χ3v) is 6.52. The number of nitrogens with zero attached hydrogens (tertiary/aromatic N) is 1. The predicted molar refractivity (Wildman–Crippen MR) is 127 cm³/mol. The first-order chi connectivity index (χ1) is 14.5. The summed E-state index contributed by atoms with van der Waals surface area (Å²) in [6.07, 6.45) is 5.41. The summed E-state index contributed by atoms with van der Waals surface area (Å²) in [7, 11) is 0. The molecular weight excluding hydrogens is 389 g/mol. The second-order valence-corrected chi connectivity index (χ2v) is 9.61. The molecule has 3 aromatic rings. The molecule has 0 unspecified atom stereocenters. The second kappa shape index (κ2) is 8.77. The number of hydrogen-bond donors (Lipinski definition) is 0. The molecule has 0 atom stereocenters. The molecule has 30 heavy (non-hydrogen) atoms. The fourth-order valence-electron chi connectivity index (χ4n) is 4.02. The number of hydrogen-bond acceptors (Lipinski definition) is 2. The first kappa shape index (κ1) is 20.9. The summed E-state index contributed by atoms with van der Waals surface area (Å²) in [6, 6.07) is 15.5. The molecule has 1 aliphatic rings. The van der Waals surface area contributed by atoms with Gasteiger partial charge in [-0.05, 0) is 53.1 Å². The van der Waals surface area contributed by atoms with Crippen LogP contribution in [0.4, 0.5) is 4.39 Å². The molecule has 0 spiro atoms. The van der Waals surface area contributed by atoms with E-state index >= 15 is 0 Å². The van der Waals surface area contributed by atoms with Gasteiger partial charge in [0.05, 0.1) is 11.4 Å². The van der Waals surface area contributed by atoms with Crippen molar-refractivity contribution in [2.24, 2.45) is 5.92 Å². The van der Waals surface area contributed by atoms with E-state index in [4.69, 9.17) is 4.98 Å². The molecule has 3 heteroatoms. The zero-order valence-electron chi connectivity index (χ0n) is 18.1. The van der Waals surface area contributed by atoms with Crippen molar-refractivity contribution in [1.29, 1.82) is 0 Å². The number of pyridine rings is 1.